The lowest BCUT2D eigenvalue weighted by Crippen LogP contribution is -2.33. The minimum Gasteiger partial charge on any atom is -0.324 e. The smallest absolute Gasteiger partial charge is 0.220 e. The minimum atomic E-state index is -0.0102. The van der Waals surface area contributed by atoms with Crippen molar-refractivity contribution in [3.8, 4) is 11.8 Å². The van der Waals surface area contributed by atoms with Crippen molar-refractivity contribution in [1.82, 2.24) is 4.90 Å². The third kappa shape index (κ3) is 4.57. The van der Waals surface area contributed by atoms with E-state index in [0.717, 1.165) is 10.0 Å². The first-order valence-corrected chi connectivity index (χ1v) is 6.92. The number of nitrogens with zero attached hydrogens (tertiary/aromatic N) is 1. The Bertz CT molecular complexity index is 496. The molecule has 0 aliphatic heterocycles. The van der Waals surface area contributed by atoms with Crippen molar-refractivity contribution >= 4 is 21.8 Å². The lowest BCUT2D eigenvalue weighted by molar-refractivity contribution is -0.130. The Balaban J connectivity index is 3.07. The van der Waals surface area contributed by atoms with Crippen molar-refractivity contribution in [3.05, 3.63) is 47.0 Å². The molecule has 0 heterocycles. The van der Waals surface area contributed by atoms with Gasteiger partial charge in [0.1, 0.15) is 0 Å². The van der Waals surface area contributed by atoms with Crippen LogP contribution in [0.25, 0.3) is 0 Å². The van der Waals surface area contributed by atoms with Crippen LogP contribution in [-0.2, 0) is 4.79 Å². The summed E-state index contributed by atoms with van der Waals surface area (Å²) in [4.78, 5) is 13.6. The topological polar surface area (TPSA) is 20.3 Å². The number of benzene rings is 1. The quantitative estimate of drug-likeness (QED) is 0.594. The summed E-state index contributed by atoms with van der Waals surface area (Å²) in [5.41, 5.74) is 1.09. The van der Waals surface area contributed by atoms with Crippen LogP contribution in [0.2, 0.25) is 0 Å². The molecule has 0 radical (unpaired) electrons. The van der Waals surface area contributed by atoms with Crippen LogP contribution >= 0.6 is 15.9 Å². The zero-order valence-corrected chi connectivity index (χ0v) is 12.9. The van der Waals surface area contributed by atoms with E-state index in [-0.39, 0.29) is 11.9 Å². The van der Waals surface area contributed by atoms with E-state index in [9.17, 15) is 4.79 Å². The van der Waals surface area contributed by atoms with Crippen LogP contribution in [0.1, 0.15) is 31.9 Å². The third-order valence-electron chi connectivity index (χ3n) is 2.85. The van der Waals surface area contributed by atoms with Crippen LogP contribution in [0.5, 0.6) is 0 Å². The maximum absolute atomic E-state index is 11.8. The number of carbonyl (C=O) groups excluding carboxylic acids is 1. The number of halogens is 1. The molecule has 0 saturated heterocycles. The Morgan fingerprint density at radius 2 is 2.11 bits per heavy atom. The van der Waals surface area contributed by atoms with E-state index in [1.807, 2.05) is 30.3 Å². The number of amides is 1. The molecule has 1 aromatic carbocycles. The van der Waals surface area contributed by atoms with Crippen molar-refractivity contribution in [2.45, 2.75) is 26.3 Å². The van der Waals surface area contributed by atoms with E-state index in [1.54, 1.807) is 18.7 Å². The van der Waals surface area contributed by atoms with Gasteiger partial charge in [0, 0.05) is 11.4 Å². The van der Waals surface area contributed by atoms with Gasteiger partial charge in [-0.15, -0.1) is 12.5 Å². The second-order valence-corrected chi connectivity index (χ2v) is 5.08. The Hall–Kier alpha value is -1.53. The molecule has 1 unspecified atom stereocenters. The SMILES string of the molecule is C=CCC(c1ccc(Br)cc1)N(CC#CC)C(C)=O. The van der Waals surface area contributed by atoms with Gasteiger partial charge < -0.3 is 4.90 Å². The first kappa shape index (κ1) is 15.5. The van der Waals surface area contributed by atoms with Gasteiger partial charge in [0.2, 0.25) is 5.91 Å². The van der Waals surface area contributed by atoms with Gasteiger partial charge in [-0.1, -0.05) is 40.1 Å². The molecular weight excluding hydrogens is 302 g/mol. The molecule has 0 aromatic heterocycles. The largest absolute Gasteiger partial charge is 0.324 e. The normalized spacial score (nSPS) is 11.1. The summed E-state index contributed by atoms with van der Waals surface area (Å²) < 4.78 is 1.02. The molecule has 19 heavy (non-hydrogen) atoms. The van der Waals surface area contributed by atoms with Crippen LogP contribution in [0.15, 0.2) is 41.4 Å². The number of hydrogen-bond donors (Lipinski definition) is 0. The fourth-order valence-electron chi connectivity index (χ4n) is 1.89. The molecule has 1 aromatic rings. The fourth-order valence-corrected chi connectivity index (χ4v) is 2.16. The monoisotopic (exact) mass is 319 g/mol. The maximum Gasteiger partial charge on any atom is 0.220 e. The maximum atomic E-state index is 11.8. The van der Waals surface area contributed by atoms with E-state index in [4.69, 9.17) is 0 Å². The van der Waals surface area contributed by atoms with Gasteiger partial charge in [0.05, 0.1) is 12.6 Å². The van der Waals surface area contributed by atoms with Crippen LogP contribution in [0.3, 0.4) is 0 Å². The molecule has 0 fully saturated rings. The van der Waals surface area contributed by atoms with Gasteiger partial charge in [-0.3, -0.25) is 4.79 Å². The average molecular weight is 320 g/mol. The second kappa shape index (κ2) is 7.81. The van der Waals surface area contributed by atoms with Gasteiger partial charge in [0.15, 0.2) is 0 Å². The van der Waals surface area contributed by atoms with Crippen LogP contribution < -0.4 is 0 Å². The van der Waals surface area contributed by atoms with Crippen LogP contribution in [0.4, 0.5) is 0 Å². The van der Waals surface area contributed by atoms with Crippen LogP contribution in [0, 0.1) is 11.8 Å². The highest BCUT2D eigenvalue weighted by Crippen LogP contribution is 2.26. The first-order chi connectivity index (χ1) is 9.10. The van der Waals surface area contributed by atoms with Crippen molar-refractivity contribution in [3.63, 3.8) is 0 Å². The summed E-state index contributed by atoms with van der Waals surface area (Å²) in [6.45, 7) is 7.58. The first-order valence-electron chi connectivity index (χ1n) is 6.13. The van der Waals surface area contributed by atoms with E-state index in [0.29, 0.717) is 13.0 Å². The summed E-state index contributed by atoms with van der Waals surface area (Å²) in [7, 11) is 0. The summed E-state index contributed by atoms with van der Waals surface area (Å²) in [6, 6.07) is 8.00. The lowest BCUT2D eigenvalue weighted by Gasteiger charge is -2.29. The molecular formula is C16H18BrNO. The molecule has 3 heteroatoms. The predicted molar refractivity (Wildman–Crippen MR) is 82.5 cm³/mol. The van der Waals surface area contributed by atoms with Crippen molar-refractivity contribution in [2.24, 2.45) is 0 Å². The summed E-state index contributed by atoms with van der Waals surface area (Å²) in [5.74, 6) is 5.82. The molecule has 0 N–H and O–H groups in total. The Labute approximate surface area is 123 Å². The molecule has 1 amide bonds. The second-order valence-electron chi connectivity index (χ2n) is 4.17. The third-order valence-corrected chi connectivity index (χ3v) is 3.38. The molecule has 0 spiro atoms. The Morgan fingerprint density at radius 1 is 1.47 bits per heavy atom. The van der Waals surface area contributed by atoms with Gasteiger partial charge in [-0.25, -0.2) is 0 Å². The van der Waals surface area contributed by atoms with Crippen LogP contribution in [-0.4, -0.2) is 17.4 Å². The highest BCUT2D eigenvalue weighted by molar-refractivity contribution is 9.10. The summed E-state index contributed by atoms with van der Waals surface area (Å²) >= 11 is 3.42. The molecule has 0 saturated carbocycles. The fraction of sp³-hybridized carbons (Fsp3) is 0.312. The molecule has 1 atom stereocenters. The standard InChI is InChI=1S/C16H18BrNO/c1-4-6-12-18(13(3)19)16(7-5-2)14-8-10-15(17)11-9-14/h5,8-11,16H,2,7,12H2,1,3H3. The zero-order valence-electron chi connectivity index (χ0n) is 11.3. The average Bonchev–Trinajstić information content (AvgIpc) is 2.38. The molecule has 1 rings (SSSR count). The molecule has 2 nitrogen and oxygen atoms in total. The van der Waals surface area contributed by atoms with Gasteiger partial charge >= 0.3 is 0 Å². The van der Waals surface area contributed by atoms with E-state index in [2.05, 4.69) is 34.3 Å². The lowest BCUT2D eigenvalue weighted by atomic mass is 10.0. The zero-order chi connectivity index (χ0) is 14.3. The molecule has 0 aliphatic rings. The molecule has 100 valence electrons. The molecule has 0 aliphatic carbocycles. The van der Waals surface area contributed by atoms with Gasteiger partial charge in [0.25, 0.3) is 0 Å². The van der Waals surface area contributed by atoms with Gasteiger partial charge in [-0.2, -0.15) is 0 Å². The number of hydrogen-bond acceptors (Lipinski definition) is 1. The van der Waals surface area contributed by atoms with E-state index >= 15 is 0 Å². The van der Waals surface area contributed by atoms with Crippen molar-refractivity contribution in [1.29, 1.82) is 0 Å². The summed E-state index contributed by atoms with van der Waals surface area (Å²) in [6.07, 6.45) is 2.55. The van der Waals surface area contributed by atoms with E-state index < -0.39 is 0 Å². The Kier molecular flexibility index (Phi) is 6.38. The van der Waals surface area contributed by atoms with Crippen molar-refractivity contribution < 1.29 is 4.79 Å². The van der Waals surface area contributed by atoms with E-state index in [1.165, 1.54) is 0 Å². The number of rotatable bonds is 5. The number of carbonyl (C=O) groups is 1. The van der Waals surface area contributed by atoms with Crippen molar-refractivity contribution in [2.75, 3.05) is 6.54 Å². The predicted octanol–water partition coefficient (Wildman–Crippen LogP) is 3.94. The highest BCUT2D eigenvalue weighted by atomic mass is 79.9. The highest BCUT2D eigenvalue weighted by Gasteiger charge is 2.20. The molecule has 0 bridgehead atoms. The Morgan fingerprint density at radius 3 is 2.58 bits per heavy atom. The van der Waals surface area contributed by atoms with Gasteiger partial charge in [-0.05, 0) is 31.0 Å². The minimum absolute atomic E-state index is 0.0102. The summed E-state index contributed by atoms with van der Waals surface area (Å²) in [5, 5.41) is 0.